The van der Waals surface area contributed by atoms with E-state index in [1.54, 1.807) is 25.1 Å². The van der Waals surface area contributed by atoms with Crippen molar-refractivity contribution in [1.29, 1.82) is 0 Å². The van der Waals surface area contributed by atoms with E-state index in [-0.39, 0.29) is 37.2 Å². The highest BCUT2D eigenvalue weighted by molar-refractivity contribution is 7.92. The van der Waals surface area contributed by atoms with E-state index < -0.39 is 27.7 Å². The molecule has 1 amide bonds. The number of esters is 1. The molecule has 2 aromatic carbocycles. The normalized spacial score (nSPS) is 11.0. The van der Waals surface area contributed by atoms with E-state index in [1.165, 1.54) is 30.3 Å². The monoisotopic (exact) mass is 422 g/mol. The van der Waals surface area contributed by atoms with Crippen LogP contribution in [0.3, 0.4) is 0 Å². The predicted molar refractivity (Wildman–Crippen MR) is 109 cm³/mol. The first-order chi connectivity index (χ1) is 13.7. The van der Waals surface area contributed by atoms with Gasteiger partial charge in [-0.05, 0) is 37.6 Å². The van der Waals surface area contributed by atoms with Gasteiger partial charge in [-0.25, -0.2) is 17.6 Å². The predicted octanol–water partition coefficient (Wildman–Crippen LogP) is 3.19. The second-order valence-corrected chi connectivity index (χ2v) is 8.11. The third-order valence-electron chi connectivity index (χ3n) is 3.98. The Morgan fingerprint density at radius 2 is 1.76 bits per heavy atom. The van der Waals surface area contributed by atoms with Crippen molar-refractivity contribution in [1.82, 2.24) is 0 Å². The lowest BCUT2D eigenvalue weighted by Crippen LogP contribution is -2.32. The molecule has 0 saturated heterocycles. The lowest BCUT2D eigenvalue weighted by molar-refractivity contribution is -0.116. The number of benzene rings is 2. The van der Waals surface area contributed by atoms with Crippen LogP contribution in [0.15, 0.2) is 48.5 Å². The Balaban J connectivity index is 2.02. The van der Waals surface area contributed by atoms with Crippen LogP contribution in [0.25, 0.3) is 0 Å². The number of carbonyl (C=O) groups is 2. The minimum atomic E-state index is -3.72. The van der Waals surface area contributed by atoms with Crippen LogP contribution < -0.4 is 9.62 Å². The summed E-state index contributed by atoms with van der Waals surface area (Å²) in [6.45, 7) is 1.83. The number of sulfonamides is 1. The van der Waals surface area contributed by atoms with Crippen molar-refractivity contribution in [3.8, 4) is 0 Å². The third kappa shape index (κ3) is 6.28. The van der Waals surface area contributed by atoms with Gasteiger partial charge in [0.15, 0.2) is 0 Å². The maximum Gasteiger partial charge on any atom is 0.340 e. The Bertz CT molecular complexity index is 978. The molecule has 2 aromatic rings. The minimum Gasteiger partial charge on any atom is -0.462 e. The number of carbonyl (C=O) groups excluding carboxylic acids is 2. The molecular weight excluding hydrogens is 399 g/mol. The summed E-state index contributed by atoms with van der Waals surface area (Å²) in [6, 6.07) is 12.0. The van der Waals surface area contributed by atoms with Crippen LogP contribution in [0.5, 0.6) is 0 Å². The maximum absolute atomic E-state index is 14.0. The maximum atomic E-state index is 14.0. The highest BCUT2D eigenvalue weighted by Gasteiger charge is 2.21. The summed E-state index contributed by atoms with van der Waals surface area (Å²) >= 11 is 0. The Hall–Kier alpha value is -2.94. The standard InChI is InChI=1S/C20H23FN2O5S/c1-3-28-20(25)15-9-4-6-11-17(15)22-19(24)13-8-14-23(29(2,26)27)18-12-7-5-10-16(18)21/h4-7,9-12H,3,8,13-14H2,1-2H3,(H,22,24). The van der Waals surface area contributed by atoms with Gasteiger partial charge in [0, 0.05) is 13.0 Å². The third-order valence-corrected chi connectivity index (χ3v) is 5.16. The van der Waals surface area contributed by atoms with Crippen molar-refractivity contribution >= 4 is 33.3 Å². The second-order valence-electron chi connectivity index (χ2n) is 6.20. The molecule has 0 aromatic heterocycles. The molecule has 0 unspecified atom stereocenters. The molecule has 0 saturated carbocycles. The van der Waals surface area contributed by atoms with Crippen molar-refractivity contribution in [3.05, 3.63) is 59.9 Å². The molecule has 7 nitrogen and oxygen atoms in total. The second kappa shape index (κ2) is 10.0. The van der Waals surface area contributed by atoms with E-state index in [0.717, 1.165) is 10.6 Å². The first-order valence-electron chi connectivity index (χ1n) is 9.02. The van der Waals surface area contributed by atoms with Gasteiger partial charge in [0.05, 0.1) is 29.8 Å². The molecule has 0 radical (unpaired) electrons. The molecule has 2 rings (SSSR count). The van der Waals surface area contributed by atoms with Gasteiger partial charge in [-0.15, -0.1) is 0 Å². The van der Waals surface area contributed by atoms with Gasteiger partial charge in [-0.2, -0.15) is 0 Å². The highest BCUT2D eigenvalue weighted by atomic mass is 32.2. The van der Waals surface area contributed by atoms with Crippen LogP contribution in [0, 0.1) is 5.82 Å². The van der Waals surface area contributed by atoms with Gasteiger partial charge in [0.25, 0.3) is 0 Å². The summed E-state index contributed by atoms with van der Waals surface area (Å²) in [5.41, 5.74) is 0.472. The topological polar surface area (TPSA) is 92.8 Å². The summed E-state index contributed by atoms with van der Waals surface area (Å²) in [5.74, 6) is -1.61. The average Bonchev–Trinajstić information content (AvgIpc) is 2.66. The van der Waals surface area contributed by atoms with E-state index in [1.807, 2.05) is 0 Å². The number of hydrogen-bond donors (Lipinski definition) is 1. The smallest absolute Gasteiger partial charge is 0.340 e. The van der Waals surface area contributed by atoms with Crippen molar-refractivity contribution in [2.45, 2.75) is 19.8 Å². The fraction of sp³-hybridized carbons (Fsp3) is 0.300. The Labute approximate surface area is 169 Å². The molecule has 29 heavy (non-hydrogen) atoms. The molecule has 0 atom stereocenters. The molecular formula is C20H23FN2O5S. The summed E-state index contributed by atoms with van der Waals surface area (Å²) < 4.78 is 44.0. The Morgan fingerprint density at radius 1 is 1.10 bits per heavy atom. The van der Waals surface area contributed by atoms with Gasteiger partial charge in [-0.3, -0.25) is 9.10 Å². The van der Waals surface area contributed by atoms with E-state index >= 15 is 0 Å². The van der Waals surface area contributed by atoms with Crippen molar-refractivity contribution in [3.63, 3.8) is 0 Å². The van der Waals surface area contributed by atoms with Crippen LogP contribution in [0.4, 0.5) is 15.8 Å². The zero-order valence-corrected chi connectivity index (χ0v) is 17.0. The summed E-state index contributed by atoms with van der Waals surface area (Å²) in [7, 11) is -3.72. The lowest BCUT2D eigenvalue weighted by atomic mass is 10.1. The van der Waals surface area contributed by atoms with Gasteiger partial charge in [0.2, 0.25) is 15.9 Å². The van der Waals surface area contributed by atoms with E-state index in [0.29, 0.717) is 5.69 Å². The zero-order valence-electron chi connectivity index (χ0n) is 16.2. The molecule has 0 bridgehead atoms. The van der Waals surface area contributed by atoms with Crippen LogP contribution in [0.2, 0.25) is 0 Å². The van der Waals surface area contributed by atoms with Crippen LogP contribution in [0.1, 0.15) is 30.1 Å². The fourth-order valence-corrected chi connectivity index (χ4v) is 3.66. The number of ether oxygens (including phenoxy) is 1. The van der Waals surface area contributed by atoms with Gasteiger partial charge >= 0.3 is 5.97 Å². The molecule has 9 heteroatoms. The lowest BCUT2D eigenvalue weighted by Gasteiger charge is -2.22. The van der Waals surface area contributed by atoms with Crippen molar-refractivity contribution < 1.29 is 27.1 Å². The molecule has 0 fully saturated rings. The van der Waals surface area contributed by atoms with Gasteiger partial charge < -0.3 is 10.1 Å². The molecule has 0 aliphatic rings. The van der Waals surface area contributed by atoms with Gasteiger partial charge in [-0.1, -0.05) is 24.3 Å². The molecule has 0 heterocycles. The Kier molecular flexibility index (Phi) is 7.72. The van der Waals surface area contributed by atoms with Crippen molar-refractivity contribution in [2.24, 2.45) is 0 Å². The number of amides is 1. The molecule has 0 aliphatic heterocycles. The highest BCUT2D eigenvalue weighted by Crippen LogP contribution is 2.22. The van der Waals surface area contributed by atoms with E-state index in [4.69, 9.17) is 4.74 Å². The number of para-hydroxylation sites is 2. The van der Waals surface area contributed by atoms with Crippen LogP contribution in [-0.2, 0) is 19.6 Å². The number of anilines is 2. The largest absolute Gasteiger partial charge is 0.462 e. The number of nitrogens with zero attached hydrogens (tertiary/aromatic N) is 1. The van der Waals surface area contributed by atoms with Gasteiger partial charge in [0.1, 0.15) is 5.82 Å². The molecule has 0 spiro atoms. The molecule has 156 valence electrons. The number of nitrogens with one attached hydrogen (secondary N) is 1. The molecule has 0 aliphatic carbocycles. The number of halogens is 1. The Morgan fingerprint density at radius 3 is 2.41 bits per heavy atom. The number of hydrogen-bond acceptors (Lipinski definition) is 5. The van der Waals surface area contributed by atoms with E-state index in [2.05, 4.69) is 5.32 Å². The van der Waals surface area contributed by atoms with Crippen molar-refractivity contribution in [2.75, 3.05) is 29.0 Å². The number of rotatable bonds is 9. The summed E-state index contributed by atoms with van der Waals surface area (Å²) in [5, 5.41) is 2.63. The molecule has 1 N–H and O–H groups in total. The zero-order chi connectivity index (χ0) is 21.4. The summed E-state index contributed by atoms with van der Waals surface area (Å²) in [6.07, 6.45) is 1.13. The first-order valence-corrected chi connectivity index (χ1v) is 10.9. The minimum absolute atomic E-state index is 0.0162. The fourth-order valence-electron chi connectivity index (χ4n) is 2.69. The SMILES string of the molecule is CCOC(=O)c1ccccc1NC(=O)CCCN(c1ccccc1F)S(C)(=O)=O. The quantitative estimate of drug-likeness (QED) is 0.627. The van der Waals surface area contributed by atoms with E-state index in [9.17, 15) is 22.4 Å². The first kappa shape index (κ1) is 22.4. The van der Waals surface area contributed by atoms with Crippen LogP contribution >= 0.6 is 0 Å². The van der Waals surface area contributed by atoms with Crippen LogP contribution in [-0.4, -0.2) is 39.7 Å². The summed E-state index contributed by atoms with van der Waals surface area (Å²) in [4.78, 5) is 24.2. The average molecular weight is 422 g/mol.